The van der Waals surface area contributed by atoms with Gasteiger partial charge in [0, 0.05) is 25.7 Å². The van der Waals surface area contributed by atoms with Gasteiger partial charge in [0.15, 0.2) is 0 Å². The Morgan fingerprint density at radius 3 is 1.33 bits per heavy atom. The quantitative estimate of drug-likeness (QED) is 0.0305. The molecule has 0 bridgehead atoms. The number of primary amides is 1. The van der Waals surface area contributed by atoms with Crippen molar-refractivity contribution in [3.63, 3.8) is 0 Å². The number of nitrogens with one attached hydrogen (secondary N) is 10. The molecule has 0 aliphatic heterocycles. The summed E-state index contributed by atoms with van der Waals surface area (Å²) in [7, 11) is 0. The predicted octanol–water partition coefficient (Wildman–Crippen LogP) is -2.52. The lowest BCUT2D eigenvalue weighted by Gasteiger charge is -2.29. The first kappa shape index (κ1) is 76.0. The molecule has 0 unspecified atom stereocenters. The molecule has 30 nitrogen and oxygen atoms in total. The monoisotopic (exact) mass is 1250 g/mol. The molecule has 11 amide bonds. The third kappa shape index (κ3) is 29.0. The summed E-state index contributed by atoms with van der Waals surface area (Å²) in [5.41, 5.74) is 18.0. The van der Waals surface area contributed by atoms with E-state index < -0.39 is 181 Å². The van der Waals surface area contributed by atoms with E-state index in [-0.39, 0.29) is 44.4 Å². The van der Waals surface area contributed by atoms with Gasteiger partial charge in [-0.1, -0.05) is 102 Å². The van der Waals surface area contributed by atoms with Crippen molar-refractivity contribution in [1.82, 2.24) is 53.2 Å². The molecular weight excluding hydrogens is 1160 g/mol. The Morgan fingerprint density at radius 2 is 0.854 bits per heavy atom. The van der Waals surface area contributed by atoms with Crippen LogP contribution in [0.3, 0.4) is 0 Å². The van der Waals surface area contributed by atoms with Gasteiger partial charge >= 0.3 is 17.9 Å². The van der Waals surface area contributed by atoms with Gasteiger partial charge < -0.3 is 85.7 Å². The maximum absolute atomic E-state index is 14.7. The highest BCUT2D eigenvalue weighted by Crippen LogP contribution is 2.14. The van der Waals surface area contributed by atoms with E-state index in [1.807, 2.05) is 0 Å². The Balaban J connectivity index is 2.48. The zero-order valence-corrected chi connectivity index (χ0v) is 51.3. The van der Waals surface area contributed by atoms with Crippen LogP contribution < -0.4 is 70.4 Å². The molecule has 89 heavy (non-hydrogen) atoms. The van der Waals surface area contributed by atoms with E-state index in [9.17, 15) is 77.3 Å². The minimum atomic E-state index is -1.92. The molecule has 0 radical (unpaired) electrons. The number of unbranched alkanes of at least 4 members (excludes halogenated alkanes) is 1. The van der Waals surface area contributed by atoms with Crippen LogP contribution in [0, 0.1) is 17.8 Å². The van der Waals surface area contributed by atoms with Crippen LogP contribution in [-0.4, -0.2) is 172 Å². The second-order valence-corrected chi connectivity index (χ2v) is 22.6. The van der Waals surface area contributed by atoms with Crippen molar-refractivity contribution in [2.45, 2.75) is 180 Å². The molecule has 0 aromatic heterocycles. The van der Waals surface area contributed by atoms with Gasteiger partial charge in [-0.25, -0.2) is 0 Å². The molecule has 2 aromatic carbocycles. The van der Waals surface area contributed by atoms with Crippen LogP contribution in [0.25, 0.3) is 0 Å². The second kappa shape index (κ2) is 39.0. The zero-order chi connectivity index (χ0) is 67.1. The van der Waals surface area contributed by atoms with Crippen LogP contribution >= 0.6 is 0 Å². The highest BCUT2D eigenvalue weighted by molar-refractivity contribution is 5.99. The summed E-state index contributed by atoms with van der Waals surface area (Å²) in [5.74, 6) is -15.9. The lowest BCUT2D eigenvalue weighted by molar-refractivity contribution is -0.142. The predicted molar refractivity (Wildman–Crippen MR) is 322 cm³/mol. The topological polar surface area (TPSA) is 498 Å². The van der Waals surface area contributed by atoms with Crippen LogP contribution in [0.2, 0.25) is 0 Å². The van der Waals surface area contributed by atoms with Crippen molar-refractivity contribution < 1.29 is 82.4 Å². The van der Waals surface area contributed by atoms with Crippen LogP contribution in [0.4, 0.5) is 0 Å². The fourth-order valence-electron chi connectivity index (χ4n) is 8.82. The maximum Gasteiger partial charge on any atom is 0.322 e. The number of carbonyl (C=O) groups is 14. The molecule has 0 aliphatic rings. The van der Waals surface area contributed by atoms with Gasteiger partial charge in [-0.05, 0) is 80.9 Å². The third-order valence-electron chi connectivity index (χ3n) is 13.7. The van der Waals surface area contributed by atoms with Crippen molar-refractivity contribution >= 4 is 82.9 Å². The highest BCUT2D eigenvalue weighted by atomic mass is 16.4. The molecule has 2 rings (SSSR count). The number of hydrogen-bond donors (Lipinski definition) is 16. The number of nitrogens with two attached hydrogens (primary N) is 3. The molecule has 10 atom stereocenters. The standard InChI is InChI=1S/C59H89N13O17/c1-31(2)26-40(67-52(82)38(20-14-15-25-60)66-51(81)37(61)21-23-44(62)73)56(86)72-49(33(5)6)59(89)70-42(28-36-18-12-9-13-19-36)55(85)68-41(27-35-16-10-8-11-17-35)54(84)64-34(7)50(80)65-39(22-24-45(74)75)53(83)69-43(29-46(76)77)57(87)71-48(32(3)4)58(88)63-30-47(78)79/h8-13,16-19,31-34,37-43,48-49H,14-15,20-30,60-61H2,1-7H3,(H2,62,73)(H,63,88)(H,64,84)(H,65,80)(H,66,81)(H,67,82)(H,68,85)(H,69,83)(H,70,89)(H,71,87)(H,72,86)(H,74,75)(H,76,77)(H,78,79)/t34-,37-,38-,39-,40-,41-,42-,43-,48-,49-/m0/s1. The van der Waals surface area contributed by atoms with Crippen molar-refractivity contribution in [3.8, 4) is 0 Å². The molecule has 0 heterocycles. The second-order valence-electron chi connectivity index (χ2n) is 22.6. The number of hydrogen-bond acceptors (Lipinski definition) is 16. The Kier molecular flexibility index (Phi) is 33.3. The van der Waals surface area contributed by atoms with E-state index in [4.69, 9.17) is 22.3 Å². The minimum Gasteiger partial charge on any atom is -0.481 e. The van der Waals surface area contributed by atoms with Crippen molar-refractivity contribution in [2.24, 2.45) is 35.0 Å². The number of amides is 11. The van der Waals surface area contributed by atoms with E-state index in [1.54, 1.807) is 88.4 Å². The largest absolute Gasteiger partial charge is 0.481 e. The first-order valence-electron chi connectivity index (χ1n) is 29.3. The fourth-order valence-corrected chi connectivity index (χ4v) is 8.82. The zero-order valence-electron chi connectivity index (χ0n) is 51.3. The third-order valence-corrected chi connectivity index (χ3v) is 13.7. The highest BCUT2D eigenvalue weighted by Gasteiger charge is 2.37. The van der Waals surface area contributed by atoms with Gasteiger partial charge in [-0.3, -0.25) is 67.1 Å². The van der Waals surface area contributed by atoms with Crippen molar-refractivity contribution in [3.05, 3.63) is 71.8 Å². The summed E-state index contributed by atoms with van der Waals surface area (Å²) in [6, 6.07) is 2.28. The van der Waals surface area contributed by atoms with Gasteiger partial charge in [0.1, 0.15) is 60.9 Å². The number of rotatable bonds is 41. The molecule has 0 saturated heterocycles. The molecule has 0 aliphatic carbocycles. The van der Waals surface area contributed by atoms with Crippen LogP contribution in [0.5, 0.6) is 0 Å². The van der Waals surface area contributed by atoms with Gasteiger partial charge in [-0.15, -0.1) is 0 Å². The Morgan fingerprint density at radius 1 is 0.427 bits per heavy atom. The molecule has 0 saturated carbocycles. The van der Waals surface area contributed by atoms with E-state index in [0.29, 0.717) is 30.5 Å². The van der Waals surface area contributed by atoms with Crippen LogP contribution in [-0.2, 0) is 80.0 Å². The summed E-state index contributed by atoms with van der Waals surface area (Å²) < 4.78 is 0. The Labute approximate surface area is 516 Å². The first-order chi connectivity index (χ1) is 41.8. The van der Waals surface area contributed by atoms with E-state index in [0.717, 1.165) is 0 Å². The van der Waals surface area contributed by atoms with Gasteiger partial charge in [0.25, 0.3) is 0 Å². The molecule has 0 spiro atoms. The number of aliphatic carboxylic acids is 3. The van der Waals surface area contributed by atoms with Gasteiger partial charge in [0.05, 0.1) is 12.5 Å². The Hall–Kier alpha value is -9.06. The molecule has 30 heteroatoms. The summed E-state index contributed by atoms with van der Waals surface area (Å²) in [6.45, 7) is 10.5. The Bertz CT molecular complexity index is 2750. The average Bonchev–Trinajstić information content (AvgIpc) is 2.18. The summed E-state index contributed by atoms with van der Waals surface area (Å²) in [6.07, 6.45) is -1.92. The maximum atomic E-state index is 14.7. The van der Waals surface area contributed by atoms with Crippen LogP contribution in [0.15, 0.2) is 60.7 Å². The van der Waals surface area contributed by atoms with Gasteiger partial charge in [0.2, 0.25) is 65.0 Å². The lowest BCUT2D eigenvalue weighted by atomic mass is 9.98. The fraction of sp³-hybridized carbons (Fsp3) is 0.559. The molecule has 19 N–H and O–H groups in total. The minimum absolute atomic E-state index is 0.0780. The van der Waals surface area contributed by atoms with Crippen LogP contribution in [0.1, 0.15) is 117 Å². The number of benzene rings is 2. The summed E-state index contributed by atoms with van der Waals surface area (Å²) in [5, 5.41) is 53.0. The first-order valence-corrected chi connectivity index (χ1v) is 29.3. The average molecular weight is 1250 g/mol. The van der Waals surface area contributed by atoms with Crippen molar-refractivity contribution in [1.29, 1.82) is 0 Å². The summed E-state index contributed by atoms with van der Waals surface area (Å²) in [4.78, 5) is 185. The number of carboxylic acid groups (broad SMARTS) is 3. The molecule has 0 fully saturated rings. The number of carbonyl (C=O) groups excluding carboxylic acids is 11. The molecule has 2 aromatic rings. The molecular formula is C59H89N13O17. The van der Waals surface area contributed by atoms with Gasteiger partial charge in [-0.2, -0.15) is 0 Å². The van der Waals surface area contributed by atoms with E-state index >= 15 is 0 Å². The lowest BCUT2D eigenvalue weighted by Crippen LogP contribution is -2.61. The number of carboxylic acids is 3. The van der Waals surface area contributed by atoms with Crippen molar-refractivity contribution in [2.75, 3.05) is 13.1 Å². The van der Waals surface area contributed by atoms with E-state index in [2.05, 4.69) is 53.2 Å². The SMILES string of the molecule is CC(C)C[C@H](NC(=O)[C@H](CCCCN)NC(=O)[C@@H](N)CCC(N)=O)C(=O)N[C@H](C(=O)N[C@@H](Cc1ccccc1)C(=O)N[C@@H](Cc1ccccc1)C(=O)N[C@@H](C)C(=O)N[C@@H](CCC(=O)O)C(=O)N[C@@H](CC(=O)O)C(=O)N[C@H](C(=O)NCC(=O)O)C(C)C)C(C)C. The summed E-state index contributed by atoms with van der Waals surface area (Å²) >= 11 is 0. The normalized spacial score (nSPS) is 14.5. The smallest absolute Gasteiger partial charge is 0.322 e. The van der Waals surface area contributed by atoms with E-state index in [1.165, 1.54) is 20.8 Å². The molecule has 492 valence electrons.